The fourth-order valence-corrected chi connectivity index (χ4v) is 5.20. The third-order valence-electron chi connectivity index (χ3n) is 6.43. The number of benzene rings is 1. The van der Waals surface area contributed by atoms with Gasteiger partial charge < -0.3 is 0 Å². The van der Waals surface area contributed by atoms with Crippen LogP contribution in [-0.4, -0.2) is 21.6 Å². The summed E-state index contributed by atoms with van der Waals surface area (Å²) in [5.41, 5.74) is 0.955. The number of non-ortho nitro benzene ring substituents is 1. The van der Waals surface area contributed by atoms with Gasteiger partial charge in [0.15, 0.2) is 0 Å². The summed E-state index contributed by atoms with van der Waals surface area (Å²) in [7, 11) is 0. The molecule has 122 valence electrons. The van der Waals surface area contributed by atoms with Gasteiger partial charge in [0.05, 0.1) is 23.3 Å². The first-order valence-corrected chi connectivity index (χ1v) is 8.30. The Labute approximate surface area is 138 Å². The quantitative estimate of drug-likeness (QED) is 0.370. The lowest BCUT2D eigenvalue weighted by Gasteiger charge is -2.21. The van der Waals surface area contributed by atoms with Gasteiger partial charge in [0, 0.05) is 12.1 Å². The van der Waals surface area contributed by atoms with E-state index >= 15 is 0 Å². The van der Waals surface area contributed by atoms with Crippen molar-refractivity contribution in [1.29, 1.82) is 0 Å². The molecule has 3 fully saturated rings. The Morgan fingerprint density at radius 1 is 1.04 bits per heavy atom. The normalized spacial score (nSPS) is 34.2. The number of fused-ring (bicyclic) bond motifs is 3. The molecule has 24 heavy (non-hydrogen) atoms. The number of hydrogen-bond donors (Lipinski definition) is 0. The van der Waals surface area contributed by atoms with E-state index in [4.69, 9.17) is 0 Å². The molecule has 4 atom stereocenters. The van der Waals surface area contributed by atoms with E-state index in [0.717, 1.165) is 18.4 Å². The van der Waals surface area contributed by atoms with Crippen molar-refractivity contribution >= 4 is 17.5 Å². The fourth-order valence-electron chi connectivity index (χ4n) is 5.20. The number of nitro benzene ring substituents is 1. The van der Waals surface area contributed by atoms with Crippen molar-refractivity contribution in [3.05, 3.63) is 52.1 Å². The third kappa shape index (κ3) is 1.56. The molecule has 0 unspecified atom stereocenters. The third-order valence-corrected chi connectivity index (χ3v) is 6.43. The molecular formula is C18H16N2O4. The molecule has 0 aromatic heterocycles. The summed E-state index contributed by atoms with van der Waals surface area (Å²) in [6, 6.07) is 6.04. The Bertz CT molecular complexity index is 775. The van der Waals surface area contributed by atoms with Gasteiger partial charge >= 0.3 is 0 Å². The summed E-state index contributed by atoms with van der Waals surface area (Å²) in [5, 5.41) is 10.7. The summed E-state index contributed by atoms with van der Waals surface area (Å²) in [5.74, 6) is -0.0457. The molecule has 1 aliphatic heterocycles. The van der Waals surface area contributed by atoms with E-state index in [-0.39, 0.29) is 53.1 Å². The largest absolute Gasteiger partial charge is 0.278 e. The summed E-state index contributed by atoms with van der Waals surface area (Å²) in [6.07, 6.45) is 6.56. The van der Waals surface area contributed by atoms with Crippen LogP contribution >= 0.6 is 0 Å². The number of hydrogen-bond acceptors (Lipinski definition) is 4. The molecule has 2 bridgehead atoms. The summed E-state index contributed by atoms with van der Waals surface area (Å²) >= 11 is 0. The minimum Gasteiger partial charge on any atom is -0.278 e. The number of amides is 2. The van der Waals surface area contributed by atoms with E-state index in [2.05, 4.69) is 12.2 Å². The number of imide groups is 1. The molecule has 4 aliphatic rings. The van der Waals surface area contributed by atoms with E-state index in [0.29, 0.717) is 0 Å². The number of carbonyl (C=O) groups excluding carboxylic acids is 2. The molecule has 3 aliphatic carbocycles. The number of nitro groups is 1. The number of rotatable bonds is 3. The number of likely N-dealkylation sites (tertiary alicyclic amines) is 1. The lowest BCUT2D eigenvalue weighted by molar-refractivity contribution is -0.384. The van der Waals surface area contributed by atoms with Crippen LogP contribution in [0.3, 0.4) is 0 Å². The minimum absolute atomic E-state index is 0.00705. The van der Waals surface area contributed by atoms with Crippen molar-refractivity contribution in [3.63, 3.8) is 0 Å². The van der Waals surface area contributed by atoms with E-state index in [1.807, 2.05) is 0 Å². The average molecular weight is 324 g/mol. The average Bonchev–Trinajstić information content (AvgIpc) is 3.18. The van der Waals surface area contributed by atoms with Crippen LogP contribution < -0.4 is 0 Å². The van der Waals surface area contributed by atoms with Gasteiger partial charge in [0.2, 0.25) is 11.8 Å². The minimum atomic E-state index is -0.460. The van der Waals surface area contributed by atoms with Gasteiger partial charge in [-0.1, -0.05) is 24.3 Å². The van der Waals surface area contributed by atoms with Crippen LogP contribution in [0.15, 0.2) is 36.4 Å². The Hall–Kier alpha value is -2.50. The predicted molar refractivity (Wildman–Crippen MR) is 83.4 cm³/mol. The highest BCUT2D eigenvalue weighted by molar-refractivity contribution is 6.06. The first kappa shape index (κ1) is 13.9. The number of allylic oxidation sites excluding steroid dienone is 2. The van der Waals surface area contributed by atoms with Gasteiger partial charge in [-0.2, -0.15) is 0 Å². The van der Waals surface area contributed by atoms with E-state index < -0.39 is 4.92 Å². The number of nitrogens with zero attached hydrogens (tertiary/aromatic N) is 2. The van der Waals surface area contributed by atoms with Crippen molar-refractivity contribution in [3.8, 4) is 0 Å². The van der Waals surface area contributed by atoms with Crippen LogP contribution in [0.5, 0.6) is 0 Å². The van der Waals surface area contributed by atoms with E-state index in [1.165, 1.54) is 17.0 Å². The van der Waals surface area contributed by atoms with Crippen molar-refractivity contribution in [2.24, 2.45) is 29.1 Å². The van der Waals surface area contributed by atoms with Crippen molar-refractivity contribution in [2.45, 2.75) is 19.4 Å². The maximum absolute atomic E-state index is 12.8. The van der Waals surface area contributed by atoms with Crippen molar-refractivity contribution < 1.29 is 14.5 Å². The van der Waals surface area contributed by atoms with Crippen LogP contribution in [0, 0.1) is 39.2 Å². The Balaban J connectivity index is 1.40. The van der Waals surface area contributed by atoms with Gasteiger partial charge in [-0.3, -0.25) is 24.6 Å². The zero-order chi connectivity index (χ0) is 16.6. The molecule has 1 aromatic carbocycles. The maximum Gasteiger partial charge on any atom is 0.269 e. The van der Waals surface area contributed by atoms with Crippen LogP contribution in [-0.2, 0) is 16.1 Å². The molecule has 0 N–H and O–H groups in total. The number of carbonyl (C=O) groups is 2. The molecule has 2 saturated carbocycles. The second-order valence-electron chi connectivity index (χ2n) is 7.41. The smallest absolute Gasteiger partial charge is 0.269 e. The molecule has 1 heterocycles. The lowest BCUT2D eigenvalue weighted by Crippen LogP contribution is -2.34. The highest BCUT2D eigenvalue weighted by Gasteiger charge is 2.73. The molecule has 2 amide bonds. The first-order valence-electron chi connectivity index (χ1n) is 8.30. The van der Waals surface area contributed by atoms with Crippen molar-refractivity contribution in [1.82, 2.24) is 4.90 Å². The molecular weight excluding hydrogens is 308 g/mol. The highest BCUT2D eigenvalue weighted by atomic mass is 16.6. The Morgan fingerprint density at radius 2 is 1.58 bits per heavy atom. The topological polar surface area (TPSA) is 80.5 Å². The SMILES string of the molecule is O=C1[C@@H]2[C@H](C(=O)N1Cc1ccc([N+](=O)[O-])cc1)[C@H]1C=C[C@@H]2C12CC2. The van der Waals surface area contributed by atoms with Gasteiger partial charge in [-0.05, 0) is 35.7 Å². The first-order chi connectivity index (χ1) is 11.5. The second kappa shape index (κ2) is 4.32. The molecule has 1 aromatic rings. The highest BCUT2D eigenvalue weighted by Crippen LogP contribution is 2.73. The van der Waals surface area contributed by atoms with Crippen LogP contribution in [0.1, 0.15) is 18.4 Å². The van der Waals surface area contributed by atoms with Gasteiger partial charge in [0.1, 0.15) is 0 Å². The van der Waals surface area contributed by atoms with Crippen molar-refractivity contribution in [2.75, 3.05) is 0 Å². The molecule has 5 rings (SSSR count). The Morgan fingerprint density at radius 3 is 2.04 bits per heavy atom. The van der Waals surface area contributed by atoms with E-state index in [9.17, 15) is 19.7 Å². The van der Waals surface area contributed by atoms with Gasteiger partial charge in [-0.25, -0.2) is 0 Å². The predicted octanol–water partition coefficient (Wildman–Crippen LogP) is 2.29. The zero-order valence-corrected chi connectivity index (χ0v) is 12.9. The van der Waals surface area contributed by atoms with Gasteiger partial charge in [0.25, 0.3) is 5.69 Å². The zero-order valence-electron chi connectivity index (χ0n) is 12.9. The summed E-state index contributed by atoms with van der Waals surface area (Å²) < 4.78 is 0. The van der Waals surface area contributed by atoms with Gasteiger partial charge in [-0.15, -0.1) is 0 Å². The lowest BCUT2D eigenvalue weighted by atomic mass is 9.85. The summed E-state index contributed by atoms with van der Waals surface area (Å²) in [4.78, 5) is 37.3. The molecule has 1 saturated heterocycles. The fraction of sp³-hybridized carbons (Fsp3) is 0.444. The van der Waals surface area contributed by atoms with Crippen LogP contribution in [0.2, 0.25) is 0 Å². The van der Waals surface area contributed by atoms with E-state index in [1.54, 1.807) is 12.1 Å². The standard InChI is InChI=1S/C18H16N2O4/c21-16-14-12-5-6-13(18(12)7-8-18)15(14)17(22)19(16)9-10-1-3-11(4-2-10)20(23)24/h1-6,12-15H,7-9H2/t12-,13+,14-,15+. The monoisotopic (exact) mass is 324 g/mol. The summed E-state index contributed by atoms with van der Waals surface area (Å²) in [6.45, 7) is 0.203. The molecule has 6 nitrogen and oxygen atoms in total. The Kier molecular flexibility index (Phi) is 2.50. The van der Waals surface area contributed by atoms with Crippen LogP contribution in [0.25, 0.3) is 0 Å². The molecule has 6 heteroatoms. The second-order valence-corrected chi connectivity index (χ2v) is 7.41. The maximum atomic E-state index is 12.8. The molecule has 1 spiro atoms. The van der Waals surface area contributed by atoms with Crippen LogP contribution in [0.4, 0.5) is 5.69 Å². The molecule has 0 radical (unpaired) electrons.